The second kappa shape index (κ2) is 3.42. The molecular weight excluding hydrogens is 172 g/mol. The minimum absolute atomic E-state index is 0.343. The SMILES string of the molecule is CNC(C)(C)c1cc(F)ccc1F. The minimum atomic E-state index is -0.549. The van der Waals surface area contributed by atoms with Crippen LogP contribution in [0.4, 0.5) is 8.78 Å². The van der Waals surface area contributed by atoms with Crippen LogP contribution in [0.2, 0.25) is 0 Å². The number of hydrogen-bond acceptors (Lipinski definition) is 1. The van der Waals surface area contributed by atoms with Gasteiger partial charge in [0.25, 0.3) is 0 Å². The van der Waals surface area contributed by atoms with Crippen molar-refractivity contribution in [3.8, 4) is 0 Å². The Hall–Kier alpha value is -0.960. The van der Waals surface area contributed by atoms with Crippen LogP contribution in [0.5, 0.6) is 0 Å². The summed E-state index contributed by atoms with van der Waals surface area (Å²) in [6.45, 7) is 3.59. The molecule has 1 aromatic rings. The molecule has 0 saturated carbocycles. The van der Waals surface area contributed by atoms with Crippen molar-refractivity contribution in [2.75, 3.05) is 7.05 Å². The smallest absolute Gasteiger partial charge is 0.128 e. The first kappa shape index (κ1) is 10.1. The molecule has 0 aliphatic heterocycles. The second-order valence-electron chi connectivity index (χ2n) is 3.50. The van der Waals surface area contributed by atoms with Gasteiger partial charge in [-0.3, -0.25) is 0 Å². The molecule has 0 bridgehead atoms. The van der Waals surface area contributed by atoms with E-state index in [0.717, 1.165) is 12.1 Å². The van der Waals surface area contributed by atoms with Crippen molar-refractivity contribution in [1.82, 2.24) is 5.32 Å². The highest BCUT2D eigenvalue weighted by atomic mass is 19.1. The minimum Gasteiger partial charge on any atom is -0.311 e. The van der Waals surface area contributed by atoms with Gasteiger partial charge in [-0.05, 0) is 39.1 Å². The first-order valence-electron chi connectivity index (χ1n) is 4.12. The van der Waals surface area contributed by atoms with Crippen LogP contribution in [0.3, 0.4) is 0 Å². The Kier molecular flexibility index (Phi) is 2.66. The summed E-state index contributed by atoms with van der Waals surface area (Å²) in [5, 5.41) is 2.92. The van der Waals surface area contributed by atoms with E-state index in [-0.39, 0.29) is 5.82 Å². The van der Waals surface area contributed by atoms with E-state index in [2.05, 4.69) is 5.32 Å². The maximum Gasteiger partial charge on any atom is 0.128 e. The molecule has 0 atom stereocenters. The number of hydrogen-bond donors (Lipinski definition) is 1. The molecule has 0 heterocycles. The van der Waals surface area contributed by atoms with Crippen LogP contribution < -0.4 is 5.32 Å². The van der Waals surface area contributed by atoms with E-state index in [1.165, 1.54) is 6.07 Å². The molecule has 0 aromatic heterocycles. The van der Waals surface area contributed by atoms with Crippen LogP contribution in [-0.2, 0) is 5.54 Å². The van der Waals surface area contributed by atoms with E-state index in [1.807, 2.05) is 0 Å². The van der Waals surface area contributed by atoms with Gasteiger partial charge < -0.3 is 5.32 Å². The molecule has 0 aliphatic rings. The Labute approximate surface area is 76.8 Å². The molecule has 1 nitrogen and oxygen atoms in total. The summed E-state index contributed by atoms with van der Waals surface area (Å²) in [7, 11) is 1.71. The topological polar surface area (TPSA) is 12.0 Å². The Morgan fingerprint density at radius 1 is 1.23 bits per heavy atom. The number of benzene rings is 1. The third-order valence-corrected chi connectivity index (χ3v) is 2.23. The van der Waals surface area contributed by atoms with E-state index in [1.54, 1.807) is 20.9 Å². The summed E-state index contributed by atoms with van der Waals surface area (Å²) in [5.41, 5.74) is -0.207. The van der Waals surface area contributed by atoms with Gasteiger partial charge in [-0.15, -0.1) is 0 Å². The van der Waals surface area contributed by atoms with Crippen LogP contribution in [0.1, 0.15) is 19.4 Å². The van der Waals surface area contributed by atoms with Gasteiger partial charge in [0, 0.05) is 11.1 Å². The zero-order valence-corrected chi connectivity index (χ0v) is 7.99. The van der Waals surface area contributed by atoms with Crippen LogP contribution in [0.25, 0.3) is 0 Å². The van der Waals surface area contributed by atoms with E-state index >= 15 is 0 Å². The fraction of sp³-hybridized carbons (Fsp3) is 0.400. The maximum absolute atomic E-state index is 13.2. The predicted octanol–water partition coefficient (Wildman–Crippen LogP) is 2.42. The largest absolute Gasteiger partial charge is 0.311 e. The molecule has 0 radical (unpaired) electrons. The maximum atomic E-state index is 13.2. The number of rotatable bonds is 2. The summed E-state index contributed by atoms with van der Waals surface area (Å²) >= 11 is 0. The third-order valence-electron chi connectivity index (χ3n) is 2.23. The van der Waals surface area contributed by atoms with Crippen molar-refractivity contribution in [3.05, 3.63) is 35.4 Å². The van der Waals surface area contributed by atoms with Crippen LogP contribution in [0.15, 0.2) is 18.2 Å². The van der Waals surface area contributed by atoms with Crippen molar-refractivity contribution in [3.63, 3.8) is 0 Å². The van der Waals surface area contributed by atoms with Crippen molar-refractivity contribution < 1.29 is 8.78 Å². The number of halogens is 2. The zero-order valence-electron chi connectivity index (χ0n) is 7.99. The molecule has 1 aromatic carbocycles. The van der Waals surface area contributed by atoms with Gasteiger partial charge in [0.2, 0.25) is 0 Å². The molecular formula is C10H13F2N. The van der Waals surface area contributed by atoms with Crippen molar-refractivity contribution in [2.24, 2.45) is 0 Å². The Bertz CT molecular complexity index is 308. The highest BCUT2D eigenvalue weighted by molar-refractivity contribution is 5.25. The van der Waals surface area contributed by atoms with Gasteiger partial charge in [0.05, 0.1) is 0 Å². The van der Waals surface area contributed by atoms with Crippen molar-refractivity contribution >= 4 is 0 Å². The summed E-state index contributed by atoms with van der Waals surface area (Å²) in [5.74, 6) is -0.805. The molecule has 0 saturated heterocycles. The Balaban J connectivity index is 3.20. The van der Waals surface area contributed by atoms with Crippen LogP contribution in [-0.4, -0.2) is 7.05 Å². The summed E-state index contributed by atoms with van der Waals surface area (Å²) in [4.78, 5) is 0. The molecule has 1 rings (SSSR count). The lowest BCUT2D eigenvalue weighted by Crippen LogP contribution is -2.34. The monoisotopic (exact) mass is 185 g/mol. The fourth-order valence-electron chi connectivity index (χ4n) is 1.11. The molecule has 1 N–H and O–H groups in total. The first-order valence-corrected chi connectivity index (χ1v) is 4.12. The molecule has 0 amide bonds. The van der Waals surface area contributed by atoms with Gasteiger partial charge in [-0.1, -0.05) is 0 Å². The predicted molar refractivity (Wildman–Crippen MR) is 48.4 cm³/mol. The average Bonchev–Trinajstić information content (AvgIpc) is 2.09. The highest BCUT2D eigenvalue weighted by Crippen LogP contribution is 2.23. The lowest BCUT2D eigenvalue weighted by Gasteiger charge is -2.25. The summed E-state index contributed by atoms with van der Waals surface area (Å²) in [6.07, 6.45) is 0. The molecule has 3 heteroatoms. The molecule has 13 heavy (non-hydrogen) atoms. The number of nitrogens with one attached hydrogen (secondary N) is 1. The summed E-state index contributed by atoms with van der Waals surface area (Å²) < 4.78 is 26.1. The Morgan fingerprint density at radius 3 is 2.38 bits per heavy atom. The third kappa shape index (κ3) is 2.04. The molecule has 0 fully saturated rings. The summed E-state index contributed by atoms with van der Waals surface area (Å²) in [6, 6.07) is 3.47. The average molecular weight is 185 g/mol. The van der Waals surface area contributed by atoms with Gasteiger partial charge in [-0.25, -0.2) is 8.78 Å². The zero-order chi connectivity index (χ0) is 10.1. The standard InChI is InChI=1S/C10H13F2N/c1-10(2,13-3)8-6-7(11)4-5-9(8)12/h4-6,13H,1-3H3. The van der Waals surface area contributed by atoms with E-state index in [0.29, 0.717) is 5.56 Å². The first-order chi connectivity index (χ1) is 5.97. The molecule has 72 valence electrons. The molecule has 0 unspecified atom stereocenters. The van der Waals surface area contributed by atoms with Crippen LogP contribution in [0, 0.1) is 11.6 Å². The molecule has 0 spiro atoms. The van der Waals surface area contributed by atoms with Gasteiger partial charge >= 0.3 is 0 Å². The van der Waals surface area contributed by atoms with Crippen molar-refractivity contribution in [1.29, 1.82) is 0 Å². The van der Waals surface area contributed by atoms with Gasteiger partial charge in [0.15, 0.2) is 0 Å². The highest BCUT2D eigenvalue weighted by Gasteiger charge is 2.22. The quantitative estimate of drug-likeness (QED) is 0.746. The van der Waals surface area contributed by atoms with E-state index in [4.69, 9.17) is 0 Å². The Morgan fingerprint density at radius 2 is 1.85 bits per heavy atom. The van der Waals surface area contributed by atoms with Crippen LogP contribution >= 0.6 is 0 Å². The lowest BCUT2D eigenvalue weighted by atomic mass is 9.94. The van der Waals surface area contributed by atoms with Gasteiger partial charge in [-0.2, -0.15) is 0 Å². The normalized spacial score (nSPS) is 11.8. The second-order valence-corrected chi connectivity index (χ2v) is 3.50. The van der Waals surface area contributed by atoms with Crippen molar-refractivity contribution in [2.45, 2.75) is 19.4 Å². The lowest BCUT2D eigenvalue weighted by molar-refractivity contribution is 0.416. The van der Waals surface area contributed by atoms with Gasteiger partial charge in [0.1, 0.15) is 11.6 Å². The van der Waals surface area contributed by atoms with E-state index in [9.17, 15) is 8.78 Å². The fourth-order valence-corrected chi connectivity index (χ4v) is 1.11. The van der Waals surface area contributed by atoms with E-state index < -0.39 is 11.4 Å². The molecule has 0 aliphatic carbocycles.